The van der Waals surface area contributed by atoms with Crippen LogP contribution < -0.4 is 5.43 Å². The van der Waals surface area contributed by atoms with Gasteiger partial charge in [0.1, 0.15) is 11.3 Å². The first-order chi connectivity index (χ1) is 14.1. The number of carbonyl (C=O) groups excluding carboxylic acids is 1. The highest BCUT2D eigenvalue weighted by molar-refractivity contribution is 5.93. The average molecular weight is 387 g/mol. The van der Waals surface area contributed by atoms with Crippen molar-refractivity contribution in [3.8, 4) is 11.5 Å². The van der Waals surface area contributed by atoms with Gasteiger partial charge in [-0.1, -0.05) is 18.2 Å². The first kappa shape index (κ1) is 17.3. The van der Waals surface area contributed by atoms with E-state index in [1.807, 2.05) is 29.7 Å². The van der Waals surface area contributed by atoms with Crippen molar-refractivity contribution in [3.05, 3.63) is 76.5 Å². The summed E-state index contributed by atoms with van der Waals surface area (Å²) in [6, 6.07) is 13.7. The van der Waals surface area contributed by atoms with Gasteiger partial charge in [0, 0.05) is 18.8 Å². The van der Waals surface area contributed by atoms with Crippen LogP contribution in [0.1, 0.15) is 29.3 Å². The summed E-state index contributed by atoms with van der Waals surface area (Å²) >= 11 is 0. The lowest BCUT2D eigenvalue weighted by Crippen LogP contribution is -2.40. The van der Waals surface area contributed by atoms with Crippen LogP contribution in [0.2, 0.25) is 0 Å². The van der Waals surface area contributed by atoms with E-state index in [1.165, 1.54) is 6.07 Å². The van der Waals surface area contributed by atoms with Gasteiger partial charge in [-0.25, -0.2) is 0 Å². The average Bonchev–Trinajstić information content (AvgIpc) is 3.18. The number of aromatic nitrogens is 4. The second-order valence-electron chi connectivity index (χ2n) is 7.03. The van der Waals surface area contributed by atoms with Crippen LogP contribution in [0.3, 0.4) is 0 Å². The highest BCUT2D eigenvalue weighted by Gasteiger charge is 2.31. The molecule has 1 amide bonds. The fourth-order valence-electron chi connectivity index (χ4n) is 3.72. The Bertz CT molecular complexity index is 1280. The molecule has 0 saturated heterocycles. The van der Waals surface area contributed by atoms with Gasteiger partial charge in [-0.15, -0.1) is 10.2 Å². The number of pyridine rings is 1. The molecule has 8 nitrogen and oxygen atoms in total. The smallest absolute Gasteiger partial charge is 0.290 e. The number of rotatable bonds is 2. The Hall–Kier alpha value is -3.81. The van der Waals surface area contributed by atoms with Gasteiger partial charge >= 0.3 is 0 Å². The third-order valence-electron chi connectivity index (χ3n) is 5.05. The van der Waals surface area contributed by atoms with Crippen LogP contribution in [-0.4, -0.2) is 37.1 Å². The second-order valence-corrected chi connectivity index (χ2v) is 7.03. The zero-order chi connectivity index (χ0) is 20.0. The summed E-state index contributed by atoms with van der Waals surface area (Å²) in [4.78, 5) is 31.4. The number of carbonyl (C=O) groups is 1. The van der Waals surface area contributed by atoms with E-state index in [0.29, 0.717) is 29.2 Å². The fourth-order valence-corrected chi connectivity index (χ4v) is 3.72. The van der Waals surface area contributed by atoms with E-state index < -0.39 is 0 Å². The molecule has 1 aromatic carbocycles. The predicted molar refractivity (Wildman–Crippen MR) is 105 cm³/mol. The number of amides is 1. The molecule has 0 spiro atoms. The minimum atomic E-state index is -0.340. The van der Waals surface area contributed by atoms with Crippen LogP contribution in [0.25, 0.3) is 22.5 Å². The van der Waals surface area contributed by atoms with Gasteiger partial charge in [0.2, 0.25) is 0 Å². The number of fused-ring (bicyclic) bond motifs is 2. The lowest BCUT2D eigenvalue weighted by atomic mass is 10.2. The molecule has 4 heterocycles. The molecule has 0 unspecified atom stereocenters. The Labute approximate surface area is 165 Å². The highest BCUT2D eigenvalue weighted by atomic mass is 16.3. The zero-order valence-corrected chi connectivity index (χ0v) is 15.6. The zero-order valence-electron chi connectivity index (χ0n) is 15.6. The second kappa shape index (κ2) is 6.66. The Balaban J connectivity index is 1.48. The minimum absolute atomic E-state index is 0.0267. The molecular formula is C21H17N5O3. The Morgan fingerprint density at radius 3 is 2.79 bits per heavy atom. The Morgan fingerprint density at radius 1 is 1.14 bits per heavy atom. The van der Waals surface area contributed by atoms with Gasteiger partial charge in [0.25, 0.3) is 5.91 Å². The summed E-state index contributed by atoms with van der Waals surface area (Å²) in [7, 11) is 0. The fraction of sp³-hybridized carbons (Fsp3) is 0.190. The van der Waals surface area contributed by atoms with E-state index in [9.17, 15) is 9.59 Å². The maximum atomic E-state index is 13.1. The molecule has 3 aromatic heterocycles. The Kier molecular flexibility index (Phi) is 3.97. The van der Waals surface area contributed by atoms with Crippen molar-refractivity contribution in [2.45, 2.75) is 19.5 Å². The van der Waals surface area contributed by atoms with Crippen molar-refractivity contribution in [1.29, 1.82) is 0 Å². The van der Waals surface area contributed by atoms with Crippen molar-refractivity contribution >= 4 is 16.9 Å². The van der Waals surface area contributed by atoms with Crippen LogP contribution in [-0.2, 0) is 6.54 Å². The molecule has 144 valence electrons. The first-order valence-electron chi connectivity index (χ1n) is 9.29. The maximum absolute atomic E-state index is 13.1. The molecule has 5 rings (SSSR count). The SMILES string of the molecule is C[C@H]1CN(C(=O)c2cc(=O)c3ccccc3o2)Cc2nnc(-c3ccccn3)n21. The van der Waals surface area contributed by atoms with E-state index in [0.717, 1.165) is 5.69 Å². The first-order valence-corrected chi connectivity index (χ1v) is 9.29. The maximum Gasteiger partial charge on any atom is 0.290 e. The molecule has 1 aliphatic rings. The molecule has 0 fully saturated rings. The quantitative estimate of drug-likeness (QED) is 0.525. The summed E-state index contributed by atoms with van der Waals surface area (Å²) in [5, 5.41) is 9.00. The van der Waals surface area contributed by atoms with Gasteiger partial charge in [-0.3, -0.25) is 14.6 Å². The lowest BCUT2D eigenvalue weighted by Gasteiger charge is -2.32. The summed E-state index contributed by atoms with van der Waals surface area (Å²) in [6.45, 7) is 2.72. The normalized spacial score (nSPS) is 16.0. The van der Waals surface area contributed by atoms with Gasteiger partial charge < -0.3 is 13.9 Å². The molecular weight excluding hydrogens is 370 g/mol. The monoisotopic (exact) mass is 387 g/mol. The van der Waals surface area contributed by atoms with E-state index in [4.69, 9.17) is 4.42 Å². The third kappa shape index (κ3) is 2.89. The van der Waals surface area contributed by atoms with Crippen molar-refractivity contribution < 1.29 is 9.21 Å². The highest BCUT2D eigenvalue weighted by Crippen LogP contribution is 2.27. The van der Waals surface area contributed by atoms with Crippen molar-refractivity contribution in [3.63, 3.8) is 0 Å². The van der Waals surface area contributed by atoms with Crippen LogP contribution >= 0.6 is 0 Å². The van der Waals surface area contributed by atoms with E-state index >= 15 is 0 Å². The molecule has 4 aromatic rings. The number of para-hydroxylation sites is 1. The van der Waals surface area contributed by atoms with Crippen LogP contribution in [0.15, 0.2) is 63.9 Å². The third-order valence-corrected chi connectivity index (χ3v) is 5.05. The molecule has 0 aliphatic carbocycles. The van der Waals surface area contributed by atoms with Crippen molar-refractivity contribution in [2.75, 3.05) is 6.54 Å². The molecule has 1 atom stereocenters. The van der Waals surface area contributed by atoms with E-state index in [-0.39, 0.29) is 29.7 Å². The molecule has 0 N–H and O–H groups in total. The summed E-state index contributed by atoms with van der Waals surface area (Å²) in [5.74, 6) is 1.03. The summed E-state index contributed by atoms with van der Waals surface area (Å²) in [5.41, 5.74) is 0.897. The predicted octanol–water partition coefficient (Wildman–Crippen LogP) is 2.66. The molecule has 8 heteroatoms. The van der Waals surface area contributed by atoms with E-state index in [1.54, 1.807) is 35.4 Å². The molecule has 0 bridgehead atoms. The molecule has 29 heavy (non-hydrogen) atoms. The van der Waals surface area contributed by atoms with Crippen LogP contribution in [0.5, 0.6) is 0 Å². The Morgan fingerprint density at radius 2 is 1.97 bits per heavy atom. The standard InChI is InChI=1S/C21H17N5O3/c1-13-11-25(12-19-23-24-20(26(13)19)15-7-4-5-9-22-15)21(28)18-10-16(27)14-6-2-3-8-17(14)29-18/h2-10,13H,11-12H2,1H3/t13-/m0/s1. The van der Waals surface area contributed by atoms with Gasteiger partial charge in [-0.2, -0.15) is 0 Å². The van der Waals surface area contributed by atoms with Crippen molar-refractivity contribution in [2.24, 2.45) is 0 Å². The number of hydrogen-bond donors (Lipinski definition) is 0. The van der Waals surface area contributed by atoms with E-state index in [2.05, 4.69) is 15.2 Å². The topological polar surface area (TPSA) is 94.1 Å². The largest absolute Gasteiger partial charge is 0.451 e. The number of nitrogens with zero attached hydrogens (tertiary/aromatic N) is 5. The van der Waals surface area contributed by atoms with Crippen molar-refractivity contribution in [1.82, 2.24) is 24.6 Å². The lowest BCUT2D eigenvalue weighted by molar-refractivity contribution is 0.0650. The molecule has 1 aliphatic heterocycles. The van der Waals surface area contributed by atoms with Crippen LogP contribution in [0.4, 0.5) is 0 Å². The molecule has 0 saturated carbocycles. The summed E-state index contributed by atoms with van der Waals surface area (Å²) in [6.07, 6.45) is 1.71. The number of hydrogen-bond acceptors (Lipinski definition) is 6. The number of benzene rings is 1. The summed E-state index contributed by atoms with van der Waals surface area (Å²) < 4.78 is 7.71. The van der Waals surface area contributed by atoms with Gasteiger partial charge in [0.15, 0.2) is 22.8 Å². The minimum Gasteiger partial charge on any atom is -0.451 e. The van der Waals surface area contributed by atoms with Gasteiger partial charge in [0.05, 0.1) is 18.0 Å². The van der Waals surface area contributed by atoms with Crippen LogP contribution in [0, 0.1) is 0 Å². The van der Waals surface area contributed by atoms with Gasteiger partial charge in [-0.05, 0) is 31.2 Å². The molecule has 0 radical (unpaired) electrons.